The summed E-state index contributed by atoms with van der Waals surface area (Å²) in [4.78, 5) is 20.2. The van der Waals surface area contributed by atoms with Gasteiger partial charge in [0.15, 0.2) is 5.82 Å². The number of nitrogens with zero attached hydrogens (tertiary/aromatic N) is 5. The number of nitrogens with one attached hydrogen (secondary N) is 1. The molecule has 0 aliphatic rings. The Kier molecular flexibility index (Phi) is 5.43. The van der Waals surface area contributed by atoms with E-state index in [2.05, 4.69) is 25.5 Å². The number of carbonyl (C=O) groups excluding carboxylic acids is 1. The van der Waals surface area contributed by atoms with Gasteiger partial charge in [0.2, 0.25) is 5.88 Å². The molecule has 1 unspecified atom stereocenters. The van der Waals surface area contributed by atoms with Gasteiger partial charge in [-0.05, 0) is 25.1 Å². The van der Waals surface area contributed by atoms with Gasteiger partial charge in [-0.2, -0.15) is 13.2 Å². The second-order valence-corrected chi connectivity index (χ2v) is 5.85. The molecule has 1 N–H and O–H groups in total. The molecule has 0 aliphatic carbocycles. The van der Waals surface area contributed by atoms with E-state index in [1.807, 2.05) is 0 Å². The van der Waals surface area contributed by atoms with Crippen molar-refractivity contribution in [2.24, 2.45) is 0 Å². The number of anilines is 1. The van der Waals surface area contributed by atoms with Crippen molar-refractivity contribution in [3.05, 3.63) is 48.2 Å². The van der Waals surface area contributed by atoms with E-state index < -0.39 is 23.9 Å². The molecule has 1 amide bonds. The number of amides is 1. The predicted octanol–water partition coefficient (Wildman–Crippen LogP) is 3.26. The van der Waals surface area contributed by atoms with Crippen LogP contribution in [0.2, 0.25) is 0 Å². The molecule has 0 bridgehead atoms. The molecular weight excluding hydrogens is 396 g/mol. The Morgan fingerprint density at radius 3 is 2.76 bits per heavy atom. The molecular formula is C17H14F4N6O2. The Morgan fingerprint density at radius 2 is 2.07 bits per heavy atom. The van der Waals surface area contributed by atoms with E-state index in [-0.39, 0.29) is 28.8 Å². The number of hydrogen-bond acceptors (Lipinski definition) is 6. The number of methoxy groups -OCH3 is 1. The highest BCUT2D eigenvalue weighted by atomic mass is 19.4. The van der Waals surface area contributed by atoms with Gasteiger partial charge in [0.05, 0.1) is 13.3 Å². The average Bonchev–Trinajstić information content (AvgIpc) is 3.16. The van der Waals surface area contributed by atoms with Gasteiger partial charge in [-0.25, -0.2) is 14.4 Å². The molecule has 0 aliphatic heterocycles. The molecule has 3 aromatic rings. The van der Waals surface area contributed by atoms with Crippen molar-refractivity contribution in [2.45, 2.75) is 19.1 Å². The third-order valence-electron chi connectivity index (χ3n) is 3.94. The van der Waals surface area contributed by atoms with Gasteiger partial charge in [0.25, 0.3) is 5.91 Å². The molecule has 29 heavy (non-hydrogen) atoms. The molecule has 3 rings (SSSR count). The summed E-state index contributed by atoms with van der Waals surface area (Å²) in [5.41, 5.74) is -0.116. The highest BCUT2D eigenvalue weighted by molar-refractivity contribution is 6.05. The zero-order valence-corrected chi connectivity index (χ0v) is 15.1. The maximum absolute atomic E-state index is 13.4. The van der Waals surface area contributed by atoms with Crippen molar-refractivity contribution >= 4 is 11.7 Å². The van der Waals surface area contributed by atoms with Gasteiger partial charge in [0, 0.05) is 0 Å². The van der Waals surface area contributed by atoms with E-state index >= 15 is 0 Å². The Hall–Kier alpha value is -3.57. The highest BCUT2D eigenvalue weighted by Crippen LogP contribution is 2.32. The summed E-state index contributed by atoms with van der Waals surface area (Å²) in [5.74, 6) is -1.72. The van der Waals surface area contributed by atoms with Crippen molar-refractivity contribution in [1.29, 1.82) is 0 Å². The van der Waals surface area contributed by atoms with Crippen LogP contribution in [0.5, 0.6) is 5.88 Å². The summed E-state index contributed by atoms with van der Waals surface area (Å²) in [7, 11) is 1.27. The maximum Gasteiger partial charge on any atom is 0.408 e. The van der Waals surface area contributed by atoms with Crippen molar-refractivity contribution in [3.8, 4) is 17.4 Å². The molecule has 8 nitrogen and oxygen atoms in total. The van der Waals surface area contributed by atoms with Crippen LogP contribution in [0.4, 0.5) is 23.4 Å². The zero-order chi connectivity index (χ0) is 21.2. The minimum Gasteiger partial charge on any atom is -0.480 e. The lowest BCUT2D eigenvalue weighted by molar-refractivity contribution is -0.162. The second-order valence-electron chi connectivity index (χ2n) is 5.85. The largest absolute Gasteiger partial charge is 0.480 e. The van der Waals surface area contributed by atoms with Crippen molar-refractivity contribution < 1.29 is 27.1 Å². The lowest BCUT2D eigenvalue weighted by Gasteiger charge is -2.18. The quantitative estimate of drug-likeness (QED) is 0.649. The standard InChI is InChI=1S/C17H14F4N6O2/c1-9(17(19,20)21)27-8-23-26-14(27)12-4-3-5-13(24-12)25-15(28)11-6-10(18)7-22-16(11)29-2/h3-9H,1-2H3,(H,24,25,28). The number of alkyl halides is 3. The molecule has 152 valence electrons. The van der Waals surface area contributed by atoms with Crippen LogP contribution in [0, 0.1) is 5.82 Å². The van der Waals surface area contributed by atoms with E-state index in [4.69, 9.17) is 4.74 Å². The summed E-state index contributed by atoms with van der Waals surface area (Å²) in [6.07, 6.45) is -2.67. The summed E-state index contributed by atoms with van der Waals surface area (Å²) in [6.45, 7) is 0.960. The molecule has 0 radical (unpaired) electrons. The van der Waals surface area contributed by atoms with Crippen LogP contribution in [0.15, 0.2) is 36.8 Å². The Morgan fingerprint density at radius 1 is 1.31 bits per heavy atom. The molecule has 1 atom stereocenters. The molecule has 0 spiro atoms. The zero-order valence-electron chi connectivity index (χ0n) is 15.1. The van der Waals surface area contributed by atoms with Crippen LogP contribution < -0.4 is 10.1 Å². The Labute approximate surface area is 161 Å². The summed E-state index contributed by atoms with van der Waals surface area (Å²) in [6, 6.07) is 3.36. The lowest BCUT2D eigenvalue weighted by Crippen LogP contribution is -2.24. The van der Waals surface area contributed by atoms with Crippen LogP contribution in [0.1, 0.15) is 23.3 Å². The van der Waals surface area contributed by atoms with Crippen molar-refractivity contribution in [2.75, 3.05) is 12.4 Å². The first-order chi connectivity index (χ1) is 13.7. The fourth-order valence-electron chi connectivity index (χ4n) is 2.43. The third-order valence-corrected chi connectivity index (χ3v) is 3.94. The van der Waals surface area contributed by atoms with Gasteiger partial charge in [-0.15, -0.1) is 10.2 Å². The highest BCUT2D eigenvalue weighted by Gasteiger charge is 2.38. The maximum atomic E-state index is 13.4. The van der Waals surface area contributed by atoms with Crippen LogP contribution in [0.3, 0.4) is 0 Å². The van der Waals surface area contributed by atoms with Crippen LogP contribution in [0.25, 0.3) is 11.5 Å². The third kappa shape index (κ3) is 4.31. The summed E-state index contributed by atoms with van der Waals surface area (Å²) < 4.78 is 58.3. The van der Waals surface area contributed by atoms with E-state index in [0.717, 1.165) is 30.1 Å². The predicted molar refractivity (Wildman–Crippen MR) is 92.7 cm³/mol. The monoisotopic (exact) mass is 410 g/mol. The van der Waals surface area contributed by atoms with E-state index in [1.165, 1.54) is 25.3 Å². The van der Waals surface area contributed by atoms with E-state index in [9.17, 15) is 22.4 Å². The average molecular weight is 410 g/mol. The van der Waals surface area contributed by atoms with Crippen LogP contribution >= 0.6 is 0 Å². The van der Waals surface area contributed by atoms with Crippen LogP contribution in [-0.4, -0.2) is 43.9 Å². The SMILES string of the molecule is COc1ncc(F)cc1C(=O)Nc1cccc(-c2nncn2C(C)C(F)(F)F)n1. The molecule has 3 heterocycles. The molecule has 3 aromatic heterocycles. The van der Waals surface area contributed by atoms with Gasteiger partial charge in [-0.3, -0.25) is 4.79 Å². The van der Waals surface area contributed by atoms with Gasteiger partial charge < -0.3 is 14.6 Å². The van der Waals surface area contributed by atoms with Crippen LogP contribution in [-0.2, 0) is 0 Å². The molecule has 0 aromatic carbocycles. The normalized spacial score (nSPS) is 12.5. The topological polar surface area (TPSA) is 94.8 Å². The molecule has 0 fully saturated rings. The number of hydrogen-bond donors (Lipinski definition) is 1. The van der Waals surface area contributed by atoms with E-state index in [0.29, 0.717) is 0 Å². The van der Waals surface area contributed by atoms with Gasteiger partial charge >= 0.3 is 6.18 Å². The van der Waals surface area contributed by atoms with Crippen molar-refractivity contribution in [1.82, 2.24) is 24.7 Å². The summed E-state index contributed by atoms with van der Waals surface area (Å²) in [5, 5.41) is 9.64. The number of halogens is 4. The fraction of sp³-hybridized carbons (Fsp3) is 0.235. The Balaban J connectivity index is 1.90. The number of aromatic nitrogens is 5. The first-order valence-electron chi connectivity index (χ1n) is 8.15. The minimum absolute atomic E-state index is 0.00743. The number of rotatable bonds is 5. The van der Waals surface area contributed by atoms with Crippen molar-refractivity contribution in [3.63, 3.8) is 0 Å². The first kappa shape index (κ1) is 20.2. The molecule has 0 saturated carbocycles. The lowest BCUT2D eigenvalue weighted by atomic mass is 10.2. The van der Waals surface area contributed by atoms with Gasteiger partial charge in [-0.1, -0.05) is 6.07 Å². The smallest absolute Gasteiger partial charge is 0.408 e. The number of pyridine rings is 2. The first-order valence-corrected chi connectivity index (χ1v) is 8.15. The fourth-order valence-corrected chi connectivity index (χ4v) is 2.43. The molecule has 0 saturated heterocycles. The Bertz CT molecular complexity index is 1040. The van der Waals surface area contributed by atoms with E-state index in [1.54, 1.807) is 0 Å². The van der Waals surface area contributed by atoms with Gasteiger partial charge in [0.1, 0.15) is 35.3 Å². The number of ether oxygens (including phenoxy) is 1. The molecule has 12 heteroatoms. The summed E-state index contributed by atoms with van der Waals surface area (Å²) >= 11 is 0. The minimum atomic E-state index is -4.51. The second kappa shape index (κ2) is 7.81. The number of carbonyl (C=O) groups is 1.